The van der Waals surface area contributed by atoms with Crippen LogP contribution in [0.2, 0.25) is 0 Å². The fourth-order valence-corrected chi connectivity index (χ4v) is 5.04. The Kier molecular flexibility index (Phi) is 6.92. The van der Waals surface area contributed by atoms with Crippen LogP contribution >= 0.6 is 0 Å². The van der Waals surface area contributed by atoms with Gasteiger partial charge in [0.2, 0.25) is 10.0 Å². The fraction of sp³-hybridized carbons (Fsp3) is 0.409. The van der Waals surface area contributed by atoms with Gasteiger partial charge in [-0.25, -0.2) is 8.42 Å². The van der Waals surface area contributed by atoms with E-state index in [-0.39, 0.29) is 5.91 Å². The van der Waals surface area contributed by atoms with Crippen molar-refractivity contribution < 1.29 is 17.9 Å². The third-order valence-electron chi connectivity index (χ3n) is 5.23. The van der Waals surface area contributed by atoms with E-state index >= 15 is 0 Å². The first-order valence-corrected chi connectivity index (χ1v) is 11.4. The highest BCUT2D eigenvalue weighted by Gasteiger charge is 2.25. The zero-order chi connectivity index (χ0) is 20.9. The minimum atomic E-state index is -3.41. The van der Waals surface area contributed by atoms with Gasteiger partial charge in [0.25, 0.3) is 5.91 Å². The maximum Gasteiger partial charge on any atom is 0.251 e. The Labute approximate surface area is 172 Å². The average Bonchev–Trinajstić information content (AvgIpc) is 2.74. The molecule has 1 fully saturated rings. The van der Waals surface area contributed by atoms with E-state index in [9.17, 15) is 13.2 Å². The van der Waals surface area contributed by atoms with Gasteiger partial charge in [0.05, 0.1) is 12.0 Å². The maximum absolute atomic E-state index is 12.7. The van der Waals surface area contributed by atoms with E-state index in [4.69, 9.17) is 4.74 Å². The van der Waals surface area contributed by atoms with Crippen LogP contribution in [0.1, 0.15) is 40.7 Å². The molecular formula is C22H28N2O4S. The number of rotatable bonds is 7. The van der Waals surface area contributed by atoms with Gasteiger partial charge in [0.15, 0.2) is 0 Å². The lowest BCUT2D eigenvalue weighted by atomic mass is 10.1. The van der Waals surface area contributed by atoms with Crippen LogP contribution in [0.15, 0.2) is 47.4 Å². The molecule has 6 nitrogen and oxygen atoms in total. The molecule has 0 saturated carbocycles. The lowest BCUT2D eigenvalue weighted by molar-refractivity contribution is 0.0954. The average molecular weight is 417 g/mol. The number of ether oxygens (including phenoxy) is 1. The van der Waals surface area contributed by atoms with Crippen LogP contribution in [0.3, 0.4) is 0 Å². The Morgan fingerprint density at radius 3 is 2.38 bits per heavy atom. The quantitative estimate of drug-likeness (QED) is 0.752. The Hall–Kier alpha value is -2.38. The number of methoxy groups -OCH3 is 1. The second-order valence-corrected chi connectivity index (χ2v) is 9.24. The number of hydrogen-bond donors (Lipinski definition) is 1. The molecule has 7 heteroatoms. The molecule has 3 rings (SSSR count). The van der Waals surface area contributed by atoms with Crippen molar-refractivity contribution in [1.82, 2.24) is 9.62 Å². The molecule has 29 heavy (non-hydrogen) atoms. The molecule has 0 aliphatic carbocycles. The molecular weight excluding hydrogens is 388 g/mol. The lowest BCUT2D eigenvalue weighted by Crippen LogP contribution is -2.35. The van der Waals surface area contributed by atoms with E-state index in [0.29, 0.717) is 36.5 Å². The molecule has 2 aromatic carbocycles. The van der Waals surface area contributed by atoms with Gasteiger partial charge in [-0.2, -0.15) is 4.31 Å². The first-order valence-electron chi connectivity index (χ1n) is 9.94. The molecule has 1 N–H and O–H groups in total. The number of aryl methyl sites for hydroxylation is 1. The molecule has 1 heterocycles. The first-order chi connectivity index (χ1) is 13.9. The molecule has 1 saturated heterocycles. The second-order valence-electron chi connectivity index (χ2n) is 7.30. The third kappa shape index (κ3) is 5.16. The predicted molar refractivity (Wildman–Crippen MR) is 113 cm³/mol. The summed E-state index contributed by atoms with van der Waals surface area (Å²) in [5, 5.41) is 2.90. The largest absolute Gasteiger partial charge is 0.496 e. The number of piperidine rings is 1. The van der Waals surface area contributed by atoms with Crippen LogP contribution in [-0.2, 0) is 16.4 Å². The van der Waals surface area contributed by atoms with Crippen LogP contribution < -0.4 is 10.1 Å². The van der Waals surface area contributed by atoms with E-state index in [1.54, 1.807) is 41.7 Å². The topological polar surface area (TPSA) is 75.7 Å². The summed E-state index contributed by atoms with van der Waals surface area (Å²) in [6.07, 6.45) is 3.56. The number of carbonyl (C=O) groups excluding carboxylic acids is 1. The monoisotopic (exact) mass is 416 g/mol. The normalized spacial score (nSPS) is 15.1. The zero-order valence-electron chi connectivity index (χ0n) is 17.0. The Morgan fingerprint density at radius 2 is 1.76 bits per heavy atom. The molecule has 156 valence electrons. The van der Waals surface area contributed by atoms with Gasteiger partial charge in [0, 0.05) is 25.2 Å². The number of nitrogens with zero attached hydrogens (tertiary/aromatic N) is 1. The third-order valence-corrected chi connectivity index (χ3v) is 7.15. The predicted octanol–water partition coefficient (Wildman–Crippen LogP) is 3.15. The van der Waals surface area contributed by atoms with Crippen molar-refractivity contribution in [2.75, 3.05) is 26.7 Å². The minimum Gasteiger partial charge on any atom is -0.496 e. The van der Waals surface area contributed by atoms with E-state index in [0.717, 1.165) is 36.1 Å². The summed E-state index contributed by atoms with van der Waals surface area (Å²) in [5.41, 5.74) is 2.48. The van der Waals surface area contributed by atoms with Gasteiger partial charge in [-0.05, 0) is 67.6 Å². The SMILES string of the molecule is COc1ccc(C(=O)NCCc2ccc(S(=O)(=O)N3CCCCC3)cc2)cc1C. The van der Waals surface area contributed by atoms with E-state index in [1.807, 2.05) is 19.1 Å². The van der Waals surface area contributed by atoms with Crippen LogP contribution in [0.5, 0.6) is 5.75 Å². The van der Waals surface area contributed by atoms with Gasteiger partial charge < -0.3 is 10.1 Å². The van der Waals surface area contributed by atoms with Gasteiger partial charge in [-0.3, -0.25) is 4.79 Å². The van der Waals surface area contributed by atoms with Crippen molar-refractivity contribution >= 4 is 15.9 Å². The number of hydrogen-bond acceptors (Lipinski definition) is 4. The van der Waals surface area contributed by atoms with Crippen LogP contribution in [0.25, 0.3) is 0 Å². The molecule has 0 spiro atoms. The van der Waals surface area contributed by atoms with Crippen molar-refractivity contribution in [3.05, 3.63) is 59.2 Å². The summed E-state index contributed by atoms with van der Waals surface area (Å²) in [7, 11) is -1.80. The summed E-state index contributed by atoms with van der Waals surface area (Å²) in [4.78, 5) is 12.6. The van der Waals surface area contributed by atoms with Crippen molar-refractivity contribution in [2.45, 2.75) is 37.5 Å². The lowest BCUT2D eigenvalue weighted by Gasteiger charge is -2.25. The van der Waals surface area contributed by atoms with Gasteiger partial charge in [0.1, 0.15) is 5.75 Å². The van der Waals surface area contributed by atoms with Gasteiger partial charge in [-0.1, -0.05) is 18.6 Å². The van der Waals surface area contributed by atoms with Gasteiger partial charge >= 0.3 is 0 Å². The molecule has 0 atom stereocenters. The van der Waals surface area contributed by atoms with E-state index in [1.165, 1.54) is 0 Å². The molecule has 0 aromatic heterocycles. The van der Waals surface area contributed by atoms with Crippen LogP contribution in [0.4, 0.5) is 0 Å². The van der Waals surface area contributed by atoms with Crippen molar-refractivity contribution in [2.24, 2.45) is 0 Å². The number of sulfonamides is 1. The summed E-state index contributed by atoms with van der Waals surface area (Å²) < 4.78 is 32.2. The summed E-state index contributed by atoms with van der Waals surface area (Å²) >= 11 is 0. The van der Waals surface area contributed by atoms with E-state index < -0.39 is 10.0 Å². The van der Waals surface area contributed by atoms with Crippen molar-refractivity contribution in [1.29, 1.82) is 0 Å². The standard InChI is InChI=1S/C22H28N2O4S/c1-17-16-19(8-11-21(17)28-2)22(25)23-13-12-18-6-9-20(10-7-18)29(26,27)24-14-4-3-5-15-24/h6-11,16H,3-5,12-15H2,1-2H3,(H,23,25). The highest BCUT2D eigenvalue weighted by atomic mass is 32.2. The van der Waals surface area contributed by atoms with Crippen molar-refractivity contribution in [3.8, 4) is 5.75 Å². The van der Waals surface area contributed by atoms with Crippen LogP contribution in [0, 0.1) is 6.92 Å². The number of nitrogens with one attached hydrogen (secondary N) is 1. The van der Waals surface area contributed by atoms with E-state index in [2.05, 4.69) is 5.32 Å². The first kappa shape index (κ1) is 21.3. The maximum atomic E-state index is 12.7. The Balaban J connectivity index is 1.55. The summed E-state index contributed by atoms with van der Waals surface area (Å²) in [6.45, 7) is 3.57. The Morgan fingerprint density at radius 1 is 1.07 bits per heavy atom. The highest BCUT2D eigenvalue weighted by Crippen LogP contribution is 2.21. The summed E-state index contributed by atoms with van der Waals surface area (Å²) in [6, 6.07) is 12.3. The Bertz CT molecular complexity index is 949. The molecule has 1 amide bonds. The number of carbonyl (C=O) groups is 1. The molecule has 0 unspecified atom stereocenters. The molecule has 0 radical (unpaired) electrons. The smallest absolute Gasteiger partial charge is 0.251 e. The molecule has 1 aliphatic heterocycles. The fourth-order valence-electron chi connectivity index (χ4n) is 3.52. The molecule has 1 aliphatic rings. The molecule has 2 aromatic rings. The highest BCUT2D eigenvalue weighted by molar-refractivity contribution is 7.89. The minimum absolute atomic E-state index is 0.139. The number of benzene rings is 2. The molecule has 0 bridgehead atoms. The van der Waals surface area contributed by atoms with Crippen molar-refractivity contribution in [3.63, 3.8) is 0 Å². The van der Waals surface area contributed by atoms with Gasteiger partial charge in [-0.15, -0.1) is 0 Å². The second kappa shape index (κ2) is 9.41. The zero-order valence-corrected chi connectivity index (χ0v) is 17.8. The van der Waals surface area contributed by atoms with Crippen LogP contribution in [-0.4, -0.2) is 45.4 Å². The summed E-state index contributed by atoms with van der Waals surface area (Å²) in [5.74, 6) is 0.612. The number of amides is 1.